The zero-order valence-corrected chi connectivity index (χ0v) is 9.35. The lowest BCUT2D eigenvalue weighted by atomic mass is 10.0. The average Bonchev–Trinajstić information content (AvgIpc) is 2.25. The average molecular weight is 209 g/mol. The predicted molar refractivity (Wildman–Crippen MR) is 59.2 cm³/mol. The van der Waals surface area contributed by atoms with Crippen LogP contribution in [0, 0.1) is 5.92 Å². The van der Waals surface area contributed by atoms with Gasteiger partial charge in [-0.2, -0.15) is 0 Å². The Hall–Kier alpha value is -1.00. The number of hydrogen-bond donors (Lipinski definition) is 2. The van der Waals surface area contributed by atoms with Gasteiger partial charge in [-0.25, -0.2) is 0 Å². The molecule has 0 bridgehead atoms. The minimum absolute atomic E-state index is 0.145. The smallest absolute Gasteiger partial charge is 0.0724 e. The maximum absolute atomic E-state index is 9.15. The van der Waals surface area contributed by atoms with Gasteiger partial charge in [-0.05, 0) is 12.3 Å². The number of nitrogens with zero attached hydrogens (tertiary/aromatic N) is 2. The predicted octanol–water partition coefficient (Wildman–Crippen LogP) is 0.973. The fourth-order valence-electron chi connectivity index (χ4n) is 1.46. The van der Waals surface area contributed by atoms with Gasteiger partial charge in [0.2, 0.25) is 0 Å². The molecule has 1 atom stereocenters. The van der Waals surface area contributed by atoms with Crippen LogP contribution < -0.4 is 5.32 Å². The highest BCUT2D eigenvalue weighted by Crippen LogP contribution is 2.04. The van der Waals surface area contributed by atoms with Crippen LogP contribution in [0.4, 0.5) is 0 Å². The van der Waals surface area contributed by atoms with Crippen molar-refractivity contribution in [1.29, 1.82) is 0 Å². The monoisotopic (exact) mass is 209 g/mol. The van der Waals surface area contributed by atoms with Crippen molar-refractivity contribution in [1.82, 2.24) is 15.3 Å². The topological polar surface area (TPSA) is 58.0 Å². The zero-order valence-electron chi connectivity index (χ0n) is 9.35. The van der Waals surface area contributed by atoms with Gasteiger partial charge in [0.05, 0.1) is 12.3 Å². The van der Waals surface area contributed by atoms with E-state index in [4.69, 9.17) is 5.11 Å². The molecule has 1 unspecified atom stereocenters. The van der Waals surface area contributed by atoms with Crippen molar-refractivity contribution in [3.8, 4) is 0 Å². The van der Waals surface area contributed by atoms with Crippen molar-refractivity contribution >= 4 is 0 Å². The van der Waals surface area contributed by atoms with Gasteiger partial charge in [-0.15, -0.1) is 0 Å². The van der Waals surface area contributed by atoms with E-state index in [9.17, 15) is 0 Å². The maximum atomic E-state index is 9.15. The second-order valence-electron chi connectivity index (χ2n) is 4.09. The molecular weight excluding hydrogens is 190 g/mol. The van der Waals surface area contributed by atoms with Crippen LogP contribution in [0.1, 0.15) is 26.0 Å². The van der Waals surface area contributed by atoms with E-state index < -0.39 is 0 Å². The Labute approximate surface area is 90.8 Å². The number of aliphatic hydroxyl groups excluding tert-OH is 1. The molecule has 0 spiro atoms. The zero-order chi connectivity index (χ0) is 11.1. The van der Waals surface area contributed by atoms with Crippen LogP contribution >= 0.6 is 0 Å². The van der Waals surface area contributed by atoms with Gasteiger partial charge in [-0.3, -0.25) is 9.97 Å². The number of rotatable bonds is 6. The Morgan fingerprint density at radius 1 is 1.40 bits per heavy atom. The number of nitrogens with one attached hydrogen (secondary N) is 1. The second kappa shape index (κ2) is 6.48. The van der Waals surface area contributed by atoms with Crippen molar-refractivity contribution in [2.45, 2.75) is 32.9 Å². The van der Waals surface area contributed by atoms with Gasteiger partial charge in [-0.1, -0.05) is 13.8 Å². The van der Waals surface area contributed by atoms with Crippen LogP contribution in [0.2, 0.25) is 0 Å². The van der Waals surface area contributed by atoms with Crippen LogP contribution in [0.15, 0.2) is 18.6 Å². The summed E-state index contributed by atoms with van der Waals surface area (Å²) in [5.41, 5.74) is 0.903. The minimum atomic E-state index is 0.145. The third-order valence-electron chi connectivity index (χ3n) is 2.16. The van der Waals surface area contributed by atoms with Gasteiger partial charge in [0.25, 0.3) is 0 Å². The van der Waals surface area contributed by atoms with Gasteiger partial charge < -0.3 is 10.4 Å². The molecule has 0 amide bonds. The van der Waals surface area contributed by atoms with Crippen molar-refractivity contribution in [2.75, 3.05) is 6.61 Å². The Morgan fingerprint density at radius 3 is 2.73 bits per heavy atom. The summed E-state index contributed by atoms with van der Waals surface area (Å²) < 4.78 is 0. The van der Waals surface area contributed by atoms with Crippen molar-refractivity contribution in [3.05, 3.63) is 24.3 Å². The van der Waals surface area contributed by atoms with Crippen LogP contribution in [0.5, 0.6) is 0 Å². The largest absolute Gasteiger partial charge is 0.395 e. The summed E-state index contributed by atoms with van der Waals surface area (Å²) in [6.45, 7) is 5.11. The Bertz CT molecular complexity index is 264. The normalized spacial score (nSPS) is 13.1. The first kappa shape index (κ1) is 12.1. The van der Waals surface area contributed by atoms with E-state index in [1.165, 1.54) is 0 Å². The molecule has 0 saturated carbocycles. The standard InChI is InChI=1S/C11H19N3O/c1-9(2)5-10(8-15)14-7-11-6-12-3-4-13-11/h3-4,6,9-10,14-15H,5,7-8H2,1-2H3. The second-order valence-corrected chi connectivity index (χ2v) is 4.09. The molecule has 0 aliphatic rings. The summed E-state index contributed by atoms with van der Waals surface area (Å²) in [4.78, 5) is 8.14. The maximum Gasteiger partial charge on any atom is 0.0724 e. The first-order chi connectivity index (χ1) is 7.22. The van der Waals surface area contributed by atoms with Crippen LogP contribution in [-0.4, -0.2) is 27.7 Å². The Morgan fingerprint density at radius 2 is 2.20 bits per heavy atom. The summed E-state index contributed by atoms with van der Waals surface area (Å²) in [7, 11) is 0. The van der Waals surface area contributed by atoms with E-state index in [0.717, 1.165) is 12.1 Å². The molecule has 15 heavy (non-hydrogen) atoms. The van der Waals surface area contributed by atoms with Gasteiger partial charge in [0, 0.05) is 31.2 Å². The highest BCUT2D eigenvalue weighted by molar-refractivity contribution is 4.94. The fourth-order valence-corrected chi connectivity index (χ4v) is 1.46. The number of hydrogen-bond acceptors (Lipinski definition) is 4. The molecule has 4 nitrogen and oxygen atoms in total. The molecule has 1 aromatic heterocycles. The third-order valence-corrected chi connectivity index (χ3v) is 2.16. The lowest BCUT2D eigenvalue weighted by Crippen LogP contribution is -2.33. The minimum Gasteiger partial charge on any atom is -0.395 e. The molecule has 1 heterocycles. The van der Waals surface area contributed by atoms with E-state index in [1.54, 1.807) is 18.6 Å². The Kier molecular flexibility index (Phi) is 5.21. The van der Waals surface area contributed by atoms with Gasteiger partial charge in [0.15, 0.2) is 0 Å². The summed E-state index contributed by atoms with van der Waals surface area (Å²) in [5.74, 6) is 0.580. The van der Waals surface area contributed by atoms with Gasteiger partial charge >= 0.3 is 0 Å². The molecule has 0 aromatic carbocycles. The van der Waals surface area contributed by atoms with Gasteiger partial charge in [0.1, 0.15) is 0 Å². The summed E-state index contributed by atoms with van der Waals surface area (Å²) in [6.07, 6.45) is 6.03. The highest BCUT2D eigenvalue weighted by Gasteiger charge is 2.08. The van der Waals surface area contributed by atoms with Crippen molar-refractivity contribution in [3.63, 3.8) is 0 Å². The molecule has 1 rings (SSSR count). The summed E-state index contributed by atoms with van der Waals surface area (Å²) in [5, 5.41) is 12.4. The summed E-state index contributed by atoms with van der Waals surface area (Å²) >= 11 is 0. The first-order valence-corrected chi connectivity index (χ1v) is 5.31. The highest BCUT2D eigenvalue weighted by atomic mass is 16.3. The molecule has 1 aromatic rings. The lowest BCUT2D eigenvalue weighted by molar-refractivity contribution is 0.223. The quantitative estimate of drug-likeness (QED) is 0.733. The molecule has 84 valence electrons. The van der Waals surface area contributed by atoms with E-state index in [-0.39, 0.29) is 12.6 Å². The molecule has 0 fully saturated rings. The summed E-state index contributed by atoms with van der Waals surface area (Å²) in [6, 6.07) is 0.145. The van der Waals surface area contributed by atoms with E-state index in [0.29, 0.717) is 12.5 Å². The SMILES string of the molecule is CC(C)CC(CO)NCc1cnccn1. The van der Waals surface area contributed by atoms with Crippen molar-refractivity contribution < 1.29 is 5.11 Å². The molecule has 2 N–H and O–H groups in total. The Balaban J connectivity index is 2.34. The number of aliphatic hydroxyl groups is 1. The third kappa shape index (κ3) is 4.85. The molecule has 0 aliphatic carbocycles. The first-order valence-electron chi connectivity index (χ1n) is 5.31. The lowest BCUT2D eigenvalue weighted by Gasteiger charge is -2.17. The van der Waals surface area contributed by atoms with E-state index >= 15 is 0 Å². The number of aromatic nitrogens is 2. The van der Waals surface area contributed by atoms with Crippen LogP contribution in [-0.2, 0) is 6.54 Å². The van der Waals surface area contributed by atoms with Crippen LogP contribution in [0.3, 0.4) is 0 Å². The molecule has 0 aliphatic heterocycles. The molecule has 4 heteroatoms. The van der Waals surface area contributed by atoms with Crippen LogP contribution in [0.25, 0.3) is 0 Å². The molecule has 0 saturated heterocycles. The van der Waals surface area contributed by atoms with E-state index in [1.807, 2.05) is 0 Å². The van der Waals surface area contributed by atoms with E-state index in [2.05, 4.69) is 29.1 Å². The van der Waals surface area contributed by atoms with Crippen molar-refractivity contribution in [2.24, 2.45) is 5.92 Å². The fraction of sp³-hybridized carbons (Fsp3) is 0.636. The molecule has 0 radical (unpaired) electrons. The molecular formula is C11H19N3O.